The molecule has 2 nitrogen and oxygen atoms in total. The zero-order valence-electron chi connectivity index (χ0n) is 5.27. The summed E-state index contributed by atoms with van der Waals surface area (Å²) in [6.07, 6.45) is 0. The zero-order chi connectivity index (χ0) is 4.99. The monoisotopic (exact) mass is 127 g/mol. The molecule has 0 rings (SSSR count). The summed E-state index contributed by atoms with van der Waals surface area (Å²) < 4.78 is 0. The zero-order valence-corrected chi connectivity index (χ0v) is 8.39. The minimum atomic E-state index is 0. The van der Waals surface area contributed by atoms with Gasteiger partial charge in [-0.25, -0.2) is 0 Å². The van der Waals surface area contributed by atoms with Crippen LogP contribution in [0.3, 0.4) is 0 Å². The van der Waals surface area contributed by atoms with Gasteiger partial charge in [0.05, 0.1) is 0 Å². The summed E-state index contributed by atoms with van der Waals surface area (Å²) in [5, 5.41) is 9.70. The van der Waals surface area contributed by atoms with Crippen molar-refractivity contribution < 1.29 is 56.5 Å². The standard InChI is InChI=1S/C4H10NO.K/c1-5(2)3-4-6;/h3-4H2,1-2H3;/q-1;+1. The van der Waals surface area contributed by atoms with Crippen LogP contribution in [0.1, 0.15) is 0 Å². The molecule has 0 N–H and O–H groups in total. The van der Waals surface area contributed by atoms with Gasteiger partial charge in [0, 0.05) is 0 Å². The molecule has 0 aromatic heterocycles. The van der Waals surface area contributed by atoms with Crippen molar-refractivity contribution in [2.24, 2.45) is 0 Å². The summed E-state index contributed by atoms with van der Waals surface area (Å²) >= 11 is 0. The van der Waals surface area contributed by atoms with Gasteiger partial charge in [0.15, 0.2) is 0 Å². The molecule has 0 amide bonds. The van der Waals surface area contributed by atoms with E-state index in [2.05, 4.69) is 0 Å². The Hall–Kier alpha value is 1.56. The van der Waals surface area contributed by atoms with Crippen LogP contribution in [-0.2, 0) is 0 Å². The Morgan fingerprint density at radius 1 is 1.43 bits per heavy atom. The predicted octanol–water partition coefficient (Wildman–Crippen LogP) is -4.09. The number of likely N-dealkylation sites (N-methyl/N-ethyl adjacent to an activating group) is 1. The van der Waals surface area contributed by atoms with Gasteiger partial charge in [0.1, 0.15) is 0 Å². The summed E-state index contributed by atoms with van der Waals surface area (Å²) in [4.78, 5) is 1.87. The molecule has 0 bridgehead atoms. The first-order chi connectivity index (χ1) is 2.77. The minimum Gasteiger partial charge on any atom is -0.854 e. The molecule has 0 heterocycles. The Balaban J connectivity index is 0. The Morgan fingerprint density at radius 2 is 1.86 bits per heavy atom. The van der Waals surface area contributed by atoms with Crippen molar-refractivity contribution in [2.75, 3.05) is 27.2 Å². The Morgan fingerprint density at radius 3 is 1.86 bits per heavy atom. The van der Waals surface area contributed by atoms with Crippen molar-refractivity contribution in [1.82, 2.24) is 4.90 Å². The molecule has 0 aromatic carbocycles. The molecule has 0 aromatic rings. The molecule has 0 unspecified atom stereocenters. The average Bonchev–Trinajstić information content (AvgIpc) is 1.35. The predicted molar refractivity (Wildman–Crippen MR) is 23.4 cm³/mol. The molecule has 3 heteroatoms. The molecule has 0 radical (unpaired) electrons. The van der Waals surface area contributed by atoms with E-state index in [-0.39, 0.29) is 58.0 Å². The van der Waals surface area contributed by atoms with Gasteiger partial charge in [-0.1, -0.05) is 0 Å². The normalized spacial score (nSPS) is 8.57. The molecular formula is C4H10KNO. The van der Waals surface area contributed by atoms with Gasteiger partial charge in [0.25, 0.3) is 0 Å². The molecular weight excluding hydrogens is 117 g/mol. The van der Waals surface area contributed by atoms with E-state index in [1.807, 2.05) is 19.0 Å². The van der Waals surface area contributed by atoms with Gasteiger partial charge in [-0.05, 0) is 20.6 Å². The third-order valence-corrected chi connectivity index (χ3v) is 0.539. The first-order valence-corrected chi connectivity index (χ1v) is 2.00. The van der Waals surface area contributed by atoms with Gasteiger partial charge < -0.3 is 10.0 Å². The van der Waals surface area contributed by atoms with Crippen LogP contribution in [0.25, 0.3) is 0 Å². The maximum absolute atomic E-state index is 9.70. The molecule has 0 saturated heterocycles. The van der Waals surface area contributed by atoms with E-state index in [0.717, 1.165) is 0 Å². The van der Waals surface area contributed by atoms with Crippen molar-refractivity contribution in [3.05, 3.63) is 0 Å². The first-order valence-electron chi connectivity index (χ1n) is 2.00. The van der Waals surface area contributed by atoms with E-state index in [9.17, 15) is 5.11 Å². The van der Waals surface area contributed by atoms with Crippen LogP contribution in [0.5, 0.6) is 0 Å². The van der Waals surface area contributed by atoms with E-state index < -0.39 is 0 Å². The van der Waals surface area contributed by atoms with Crippen LogP contribution < -0.4 is 56.5 Å². The maximum atomic E-state index is 9.70. The average molecular weight is 127 g/mol. The number of hydrogen-bond acceptors (Lipinski definition) is 2. The number of nitrogens with zero attached hydrogens (tertiary/aromatic N) is 1. The molecule has 0 spiro atoms. The fourth-order valence-electron chi connectivity index (χ4n) is 0.183. The number of rotatable bonds is 2. The van der Waals surface area contributed by atoms with Gasteiger partial charge in [-0.3, -0.25) is 0 Å². The third-order valence-electron chi connectivity index (χ3n) is 0.539. The molecule has 0 aliphatic carbocycles. The summed E-state index contributed by atoms with van der Waals surface area (Å²) in [5.74, 6) is 0. The second-order valence-corrected chi connectivity index (χ2v) is 1.51. The Kier molecular flexibility index (Phi) is 12.3. The second kappa shape index (κ2) is 7.56. The van der Waals surface area contributed by atoms with Crippen molar-refractivity contribution >= 4 is 0 Å². The van der Waals surface area contributed by atoms with Crippen LogP contribution in [0.2, 0.25) is 0 Å². The molecule has 7 heavy (non-hydrogen) atoms. The summed E-state index contributed by atoms with van der Waals surface area (Å²) in [5.41, 5.74) is 0. The topological polar surface area (TPSA) is 26.3 Å². The van der Waals surface area contributed by atoms with Gasteiger partial charge in [-0.2, -0.15) is 0 Å². The quantitative estimate of drug-likeness (QED) is 0.353. The minimum absolute atomic E-state index is 0. The van der Waals surface area contributed by atoms with E-state index in [0.29, 0.717) is 6.54 Å². The SMILES string of the molecule is CN(C)CC[O-].[K+]. The van der Waals surface area contributed by atoms with E-state index in [4.69, 9.17) is 0 Å². The third kappa shape index (κ3) is 11.2. The molecule has 0 aliphatic heterocycles. The van der Waals surface area contributed by atoms with E-state index in [1.165, 1.54) is 0 Å². The molecule has 0 fully saturated rings. The smallest absolute Gasteiger partial charge is 0.854 e. The van der Waals surface area contributed by atoms with Crippen molar-refractivity contribution in [3.63, 3.8) is 0 Å². The fraction of sp³-hybridized carbons (Fsp3) is 1.00. The summed E-state index contributed by atoms with van der Waals surface area (Å²) in [6, 6.07) is 0. The van der Waals surface area contributed by atoms with E-state index >= 15 is 0 Å². The Labute approximate surface area is 87.3 Å². The molecule has 0 aliphatic rings. The fourth-order valence-corrected chi connectivity index (χ4v) is 0.183. The molecule has 38 valence electrons. The largest absolute Gasteiger partial charge is 1.00 e. The molecule has 0 atom stereocenters. The van der Waals surface area contributed by atoms with Crippen LogP contribution in [0.4, 0.5) is 0 Å². The van der Waals surface area contributed by atoms with Crippen LogP contribution >= 0.6 is 0 Å². The van der Waals surface area contributed by atoms with E-state index in [1.54, 1.807) is 0 Å². The van der Waals surface area contributed by atoms with Crippen LogP contribution in [0, 0.1) is 0 Å². The van der Waals surface area contributed by atoms with Crippen LogP contribution in [0.15, 0.2) is 0 Å². The molecule has 0 saturated carbocycles. The van der Waals surface area contributed by atoms with Gasteiger partial charge in [0.2, 0.25) is 0 Å². The van der Waals surface area contributed by atoms with Crippen molar-refractivity contribution in [3.8, 4) is 0 Å². The maximum Gasteiger partial charge on any atom is 1.00 e. The Bertz CT molecular complexity index is 32.9. The van der Waals surface area contributed by atoms with Gasteiger partial charge in [-0.15, -0.1) is 6.61 Å². The first kappa shape index (κ1) is 11.4. The van der Waals surface area contributed by atoms with Crippen LogP contribution in [-0.4, -0.2) is 32.1 Å². The van der Waals surface area contributed by atoms with Gasteiger partial charge >= 0.3 is 51.4 Å². The van der Waals surface area contributed by atoms with Crippen molar-refractivity contribution in [2.45, 2.75) is 0 Å². The summed E-state index contributed by atoms with van der Waals surface area (Å²) in [6.45, 7) is 0.660. The number of hydrogen-bond donors (Lipinski definition) is 0. The summed E-state index contributed by atoms with van der Waals surface area (Å²) in [7, 11) is 3.77. The second-order valence-electron chi connectivity index (χ2n) is 1.51. The van der Waals surface area contributed by atoms with Crippen molar-refractivity contribution in [1.29, 1.82) is 0 Å².